The molecule has 0 unspecified atom stereocenters. The summed E-state index contributed by atoms with van der Waals surface area (Å²) in [5.74, 6) is -2.18. The van der Waals surface area contributed by atoms with Crippen molar-refractivity contribution in [3.8, 4) is 11.1 Å². The second-order valence-corrected chi connectivity index (χ2v) is 9.39. The molecule has 3 amide bonds. The van der Waals surface area contributed by atoms with Crippen molar-refractivity contribution >= 4 is 23.9 Å². The van der Waals surface area contributed by atoms with E-state index in [1.165, 1.54) is 17.0 Å². The largest absolute Gasteiger partial charge is 0.448 e. The molecule has 0 spiro atoms. The lowest BCUT2D eigenvalue weighted by molar-refractivity contribution is -0.168. The first-order chi connectivity index (χ1) is 18.0. The summed E-state index contributed by atoms with van der Waals surface area (Å²) in [6.45, 7) is 0.263. The van der Waals surface area contributed by atoms with Crippen LogP contribution in [0.1, 0.15) is 57.0 Å². The third kappa shape index (κ3) is 4.14. The molecule has 186 valence electrons. The van der Waals surface area contributed by atoms with E-state index in [-0.39, 0.29) is 42.7 Å². The highest BCUT2D eigenvalue weighted by atomic mass is 16.7. The van der Waals surface area contributed by atoms with Crippen LogP contribution in [0.4, 0.5) is 4.79 Å². The Labute approximate surface area is 213 Å². The predicted octanol–water partition coefficient (Wildman–Crippen LogP) is 4.54. The number of benzene rings is 3. The van der Waals surface area contributed by atoms with Crippen LogP contribution in [0.5, 0.6) is 0 Å². The molecule has 3 aliphatic rings. The van der Waals surface area contributed by atoms with Crippen molar-refractivity contribution in [2.24, 2.45) is 0 Å². The minimum Gasteiger partial charge on any atom is -0.448 e. The number of rotatable bonds is 7. The third-order valence-electron chi connectivity index (χ3n) is 7.06. The summed E-state index contributed by atoms with van der Waals surface area (Å²) in [7, 11) is 0. The summed E-state index contributed by atoms with van der Waals surface area (Å²) < 4.78 is 5.76. The van der Waals surface area contributed by atoms with Crippen molar-refractivity contribution in [3.05, 3.63) is 95.1 Å². The van der Waals surface area contributed by atoms with Crippen LogP contribution >= 0.6 is 0 Å². The Hall–Kier alpha value is -4.46. The lowest BCUT2D eigenvalue weighted by Crippen LogP contribution is -2.38. The van der Waals surface area contributed by atoms with Crippen LogP contribution < -0.4 is 0 Å². The van der Waals surface area contributed by atoms with E-state index in [2.05, 4.69) is 24.3 Å². The molecule has 0 aromatic heterocycles. The number of hydroxylamine groups is 2. The predicted molar refractivity (Wildman–Crippen MR) is 132 cm³/mol. The van der Waals surface area contributed by atoms with E-state index in [1.807, 2.05) is 24.3 Å². The van der Waals surface area contributed by atoms with E-state index in [0.717, 1.165) is 35.1 Å². The number of carbonyl (C=O) groups is 4. The summed E-state index contributed by atoms with van der Waals surface area (Å²) in [4.78, 5) is 57.1. The second-order valence-electron chi connectivity index (χ2n) is 9.39. The Balaban J connectivity index is 1.08. The Bertz CT molecular complexity index is 1350. The van der Waals surface area contributed by atoms with Gasteiger partial charge >= 0.3 is 12.1 Å². The minimum absolute atomic E-state index is 0.00255. The van der Waals surface area contributed by atoms with E-state index >= 15 is 0 Å². The van der Waals surface area contributed by atoms with E-state index in [1.54, 1.807) is 12.1 Å². The molecule has 0 bridgehead atoms. The highest BCUT2D eigenvalue weighted by Gasteiger charge is 2.39. The average molecular weight is 497 g/mol. The molecule has 1 aliphatic heterocycles. The fourth-order valence-corrected chi connectivity index (χ4v) is 5.10. The van der Waals surface area contributed by atoms with Gasteiger partial charge in [-0.05, 0) is 47.2 Å². The lowest BCUT2D eigenvalue weighted by Gasteiger charge is -2.23. The number of nitrogens with zero attached hydrogens (tertiary/aromatic N) is 2. The molecule has 2 aliphatic carbocycles. The Morgan fingerprint density at radius 1 is 0.784 bits per heavy atom. The van der Waals surface area contributed by atoms with Gasteiger partial charge < -0.3 is 14.5 Å². The monoisotopic (exact) mass is 496 g/mol. The molecule has 0 atom stereocenters. The molecule has 37 heavy (non-hydrogen) atoms. The van der Waals surface area contributed by atoms with Crippen LogP contribution in [0.25, 0.3) is 11.1 Å². The van der Waals surface area contributed by atoms with Gasteiger partial charge in [-0.2, -0.15) is 0 Å². The van der Waals surface area contributed by atoms with Gasteiger partial charge in [0.15, 0.2) is 0 Å². The number of imide groups is 1. The zero-order valence-corrected chi connectivity index (χ0v) is 20.0. The maximum absolute atomic E-state index is 13.0. The van der Waals surface area contributed by atoms with Crippen molar-refractivity contribution in [2.45, 2.75) is 31.2 Å². The molecule has 3 aromatic rings. The molecule has 3 aromatic carbocycles. The molecule has 0 N–H and O–H groups in total. The highest BCUT2D eigenvalue weighted by molar-refractivity contribution is 6.20. The molecule has 8 nitrogen and oxygen atoms in total. The van der Waals surface area contributed by atoms with E-state index in [0.29, 0.717) is 5.06 Å². The summed E-state index contributed by atoms with van der Waals surface area (Å²) >= 11 is 0. The number of hydrogen-bond acceptors (Lipinski definition) is 6. The zero-order chi connectivity index (χ0) is 25.5. The van der Waals surface area contributed by atoms with Crippen LogP contribution in [0.2, 0.25) is 0 Å². The maximum Gasteiger partial charge on any atom is 0.410 e. The number of ether oxygens (including phenoxy) is 1. The van der Waals surface area contributed by atoms with Crippen LogP contribution in [0.15, 0.2) is 72.8 Å². The van der Waals surface area contributed by atoms with Crippen LogP contribution in [-0.4, -0.2) is 53.0 Å². The SMILES string of the molecule is O=C(CCN(C(=O)OCC1c2ccccc2-c2ccccc21)C1CC1)ON1C(=O)c2ccccc2C1=O. The smallest absolute Gasteiger partial charge is 0.410 e. The summed E-state index contributed by atoms with van der Waals surface area (Å²) in [6, 6.07) is 22.5. The normalized spacial score (nSPS) is 15.7. The quantitative estimate of drug-likeness (QED) is 0.446. The Morgan fingerprint density at radius 2 is 1.30 bits per heavy atom. The topological polar surface area (TPSA) is 93.2 Å². The third-order valence-corrected chi connectivity index (χ3v) is 7.06. The van der Waals surface area contributed by atoms with E-state index in [9.17, 15) is 19.2 Å². The summed E-state index contributed by atoms with van der Waals surface area (Å²) in [5.41, 5.74) is 4.93. The average Bonchev–Trinajstić information content (AvgIpc) is 3.67. The minimum atomic E-state index is -0.772. The van der Waals surface area contributed by atoms with Crippen LogP contribution in [0.3, 0.4) is 0 Å². The fourth-order valence-electron chi connectivity index (χ4n) is 5.10. The Morgan fingerprint density at radius 3 is 1.84 bits per heavy atom. The van der Waals surface area contributed by atoms with Crippen LogP contribution in [-0.2, 0) is 14.4 Å². The molecule has 0 saturated heterocycles. The first-order valence-electron chi connectivity index (χ1n) is 12.3. The molecule has 1 heterocycles. The number of carbonyl (C=O) groups excluding carboxylic acids is 4. The van der Waals surface area contributed by atoms with Gasteiger partial charge in [0.05, 0.1) is 17.5 Å². The van der Waals surface area contributed by atoms with Gasteiger partial charge in [-0.15, -0.1) is 0 Å². The summed E-state index contributed by atoms with van der Waals surface area (Å²) in [6.07, 6.45) is 1.00. The molecule has 6 rings (SSSR count). The first kappa shape index (κ1) is 23.0. The molecule has 1 fully saturated rings. The molecule has 0 radical (unpaired) electrons. The number of hydrogen-bond donors (Lipinski definition) is 0. The van der Waals surface area contributed by atoms with Gasteiger partial charge in [0.2, 0.25) is 0 Å². The van der Waals surface area contributed by atoms with Gasteiger partial charge in [0, 0.05) is 18.5 Å². The number of amides is 3. The standard InChI is InChI=1S/C29H24N2O6/c32-26(37-31-27(33)23-11-5-6-12-24(23)28(31)34)15-16-30(18-13-14-18)29(35)36-17-25-21-9-3-1-7-19(21)20-8-2-4-10-22(20)25/h1-12,18,25H,13-17H2. The van der Waals surface area contributed by atoms with Crippen molar-refractivity contribution in [3.63, 3.8) is 0 Å². The Kier molecular flexibility index (Phi) is 5.71. The molecule has 8 heteroatoms. The fraction of sp³-hybridized carbons (Fsp3) is 0.241. The molecular weight excluding hydrogens is 472 g/mol. The van der Waals surface area contributed by atoms with Gasteiger partial charge in [0.1, 0.15) is 6.61 Å². The highest BCUT2D eigenvalue weighted by Crippen LogP contribution is 2.44. The second kappa shape index (κ2) is 9.20. The number of fused-ring (bicyclic) bond motifs is 4. The van der Waals surface area contributed by atoms with Crippen LogP contribution in [0, 0.1) is 0 Å². The van der Waals surface area contributed by atoms with Crippen molar-refractivity contribution in [1.29, 1.82) is 0 Å². The van der Waals surface area contributed by atoms with Crippen molar-refractivity contribution in [1.82, 2.24) is 9.96 Å². The van der Waals surface area contributed by atoms with Gasteiger partial charge in [-0.3, -0.25) is 9.59 Å². The molecular formula is C29H24N2O6. The lowest BCUT2D eigenvalue weighted by atomic mass is 9.98. The van der Waals surface area contributed by atoms with Gasteiger partial charge in [-0.25, -0.2) is 9.59 Å². The van der Waals surface area contributed by atoms with Crippen molar-refractivity contribution < 1.29 is 28.8 Å². The summed E-state index contributed by atoms with van der Waals surface area (Å²) in [5, 5.41) is 0.488. The first-order valence-corrected chi connectivity index (χ1v) is 12.3. The molecule has 1 saturated carbocycles. The zero-order valence-electron chi connectivity index (χ0n) is 20.0. The van der Waals surface area contributed by atoms with E-state index < -0.39 is 23.9 Å². The van der Waals surface area contributed by atoms with E-state index in [4.69, 9.17) is 9.57 Å². The van der Waals surface area contributed by atoms with Crippen molar-refractivity contribution in [2.75, 3.05) is 13.2 Å². The van der Waals surface area contributed by atoms with Gasteiger partial charge in [-0.1, -0.05) is 65.7 Å². The maximum atomic E-state index is 13.0. The van der Waals surface area contributed by atoms with Gasteiger partial charge in [0.25, 0.3) is 11.8 Å².